The molecule has 0 spiro atoms. The molecule has 2 N–H and O–H groups in total. The van der Waals surface area contributed by atoms with Gasteiger partial charge in [0.05, 0.1) is 25.0 Å². The number of halogens is 3. The first-order chi connectivity index (χ1) is 11.6. The number of hydrogen-bond donors (Lipinski definition) is 2. The second kappa shape index (κ2) is 7.20. The molecule has 0 radical (unpaired) electrons. The maximum atomic E-state index is 13.0. The third-order valence-electron chi connectivity index (χ3n) is 4.29. The van der Waals surface area contributed by atoms with Crippen LogP contribution < -0.4 is 10.1 Å². The summed E-state index contributed by atoms with van der Waals surface area (Å²) in [4.78, 5) is 24.3. The molecule has 1 aliphatic rings. The van der Waals surface area contributed by atoms with Crippen LogP contribution in [0.25, 0.3) is 0 Å². The van der Waals surface area contributed by atoms with Gasteiger partial charge < -0.3 is 20.1 Å². The lowest BCUT2D eigenvalue weighted by molar-refractivity contribution is -0.187. The van der Waals surface area contributed by atoms with Crippen molar-refractivity contribution in [1.29, 1.82) is 0 Å². The number of rotatable bonds is 4. The molecule has 1 fully saturated rings. The molecule has 1 heterocycles. The molecule has 1 unspecified atom stereocenters. The van der Waals surface area contributed by atoms with Crippen LogP contribution in [0.1, 0.15) is 18.5 Å². The number of ether oxygens (including phenoxy) is 1. The van der Waals surface area contributed by atoms with Crippen molar-refractivity contribution in [2.75, 3.05) is 20.2 Å². The highest BCUT2D eigenvalue weighted by Gasteiger charge is 2.53. The fourth-order valence-corrected chi connectivity index (χ4v) is 2.93. The predicted molar refractivity (Wildman–Crippen MR) is 82.2 cm³/mol. The number of carbonyl (C=O) groups is 2. The molecular weight excluding hydrogens is 341 g/mol. The van der Waals surface area contributed by atoms with Gasteiger partial charge in [-0.2, -0.15) is 13.2 Å². The normalized spacial score (nSPS) is 21.7. The molecule has 0 saturated carbocycles. The fraction of sp³-hybridized carbons (Fsp3) is 0.500. The molecule has 2 amide bonds. The van der Waals surface area contributed by atoms with Crippen molar-refractivity contribution < 1.29 is 32.6 Å². The van der Waals surface area contributed by atoms with Crippen LogP contribution in [0.4, 0.5) is 18.0 Å². The van der Waals surface area contributed by atoms with Gasteiger partial charge in [0.1, 0.15) is 5.75 Å². The topological polar surface area (TPSA) is 78.9 Å². The van der Waals surface area contributed by atoms with Crippen LogP contribution in [-0.2, 0) is 4.79 Å². The molecule has 2 rings (SSSR count). The van der Waals surface area contributed by atoms with Gasteiger partial charge in [0, 0.05) is 18.7 Å². The van der Waals surface area contributed by atoms with Gasteiger partial charge in [-0.3, -0.25) is 4.79 Å². The second-order valence-electron chi connectivity index (χ2n) is 5.91. The van der Waals surface area contributed by atoms with Crippen LogP contribution in [0, 0.1) is 11.8 Å². The van der Waals surface area contributed by atoms with Crippen LogP contribution in [0.2, 0.25) is 0 Å². The molecule has 9 heteroatoms. The number of methoxy groups -OCH3 is 1. The average Bonchev–Trinajstić information content (AvgIpc) is 3.00. The Bertz CT molecular complexity index is 651. The monoisotopic (exact) mass is 360 g/mol. The number of aliphatic carboxylic acids is 1. The summed E-state index contributed by atoms with van der Waals surface area (Å²) in [6.45, 7) is 0.511. The molecule has 0 aromatic heterocycles. The SMILES string of the molecule is COc1ccccc1C(C)NC(=O)N1C[C@@H](C(F)(F)F)[C@H](C(=O)O)C1. The zero-order valence-electron chi connectivity index (χ0n) is 13.7. The summed E-state index contributed by atoms with van der Waals surface area (Å²) in [6, 6.07) is 5.67. The first-order valence-corrected chi connectivity index (χ1v) is 7.63. The van der Waals surface area contributed by atoms with Crippen molar-refractivity contribution >= 4 is 12.0 Å². The van der Waals surface area contributed by atoms with Gasteiger partial charge >= 0.3 is 18.2 Å². The first kappa shape index (κ1) is 18.9. The lowest BCUT2D eigenvalue weighted by atomic mass is 9.96. The third-order valence-corrected chi connectivity index (χ3v) is 4.29. The molecule has 6 nitrogen and oxygen atoms in total. The highest BCUT2D eigenvalue weighted by Crippen LogP contribution is 2.38. The predicted octanol–water partition coefficient (Wildman–Crippen LogP) is 2.66. The maximum absolute atomic E-state index is 13.0. The number of carbonyl (C=O) groups excluding carboxylic acids is 1. The number of benzene rings is 1. The zero-order valence-corrected chi connectivity index (χ0v) is 13.7. The summed E-state index contributed by atoms with van der Waals surface area (Å²) in [5.74, 6) is -4.76. The van der Waals surface area contributed by atoms with E-state index in [1.165, 1.54) is 7.11 Å². The van der Waals surface area contributed by atoms with E-state index in [-0.39, 0.29) is 0 Å². The Balaban J connectivity index is 2.09. The average molecular weight is 360 g/mol. The van der Waals surface area contributed by atoms with Crippen molar-refractivity contribution in [3.05, 3.63) is 29.8 Å². The van der Waals surface area contributed by atoms with Gasteiger partial charge in [0.2, 0.25) is 0 Å². The lowest BCUT2D eigenvalue weighted by Crippen LogP contribution is -2.40. The van der Waals surface area contributed by atoms with E-state index in [4.69, 9.17) is 9.84 Å². The third kappa shape index (κ3) is 4.15. The van der Waals surface area contributed by atoms with Crippen molar-refractivity contribution in [2.45, 2.75) is 19.1 Å². The van der Waals surface area contributed by atoms with E-state index in [0.717, 1.165) is 4.90 Å². The summed E-state index contributed by atoms with van der Waals surface area (Å²) < 4.78 is 44.2. The quantitative estimate of drug-likeness (QED) is 0.865. The highest BCUT2D eigenvalue weighted by atomic mass is 19.4. The van der Waals surface area contributed by atoms with E-state index in [1.54, 1.807) is 31.2 Å². The number of likely N-dealkylation sites (tertiary alicyclic amines) is 1. The number of carboxylic acids is 1. The summed E-state index contributed by atoms with van der Waals surface area (Å²) in [5, 5.41) is 11.6. The molecular formula is C16H19F3N2O4. The largest absolute Gasteiger partial charge is 0.496 e. The zero-order chi connectivity index (χ0) is 18.8. The Hall–Kier alpha value is -2.45. The summed E-state index contributed by atoms with van der Waals surface area (Å²) >= 11 is 0. The van der Waals surface area contributed by atoms with Gasteiger partial charge in [-0.1, -0.05) is 18.2 Å². The minimum absolute atomic E-state index is 0.482. The van der Waals surface area contributed by atoms with Crippen molar-refractivity contribution in [2.24, 2.45) is 11.8 Å². The minimum Gasteiger partial charge on any atom is -0.496 e. The second-order valence-corrected chi connectivity index (χ2v) is 5.91. The first-order valence-electron chi connectivity index (χ1n) is 7.63. The van der Waals surface area contributed by atoms with Gasteiger partial charge in [0.15, 0.2) is 0 Å². The van der Waals surface area contributed by atoms with Crippen LogP contribution in [0.5, 0.6) is 5.75 Å². The van der Waals surface area contributed by atoms with Crippen LogP contribution in [0.3, 0.4) is 0 Å². The molecule has 1 saturated heterocycles. The number of carboxylic acid groups (broad SMARTS) is 1. The Morgan fingerprint density at radius 3 is 2.48 bits per heavy atom. The molecule has 0 aliphatic carbocycles. The van der Waals surface area contributed by atoms with Crippen LogP contribution in [0.15, 0.2) is 24.3 Å². The van der Waals surface area contributed by atoms with E-state index in [2.05, 4.69) is 5.32 Å². The summed E-state index contributed by atoms with van der Waals surface area (Å²) in [5.41, 5.74) is 0.666. The summed E-state index contributed by atoms with van der Waals surface area (Å²) in [6.07, 6.45) is -4.67. The number of hydrogen-bond acceptors (Lipinski definition) is 3. The molecule has 0 bridgehead atoms. The minimum atomic E-state index is -4.67. The molecule has 3 atom stereocenters. The molecule has 1 aliphatic heterocycles. The van der Waals surface area contributed by atoms with Crippen LogP contribution >= 0.6 is 0 Å². The number of alkyl halides is 3. The van der Waals surface area contributed by atoms with Crippen molar-refractivity contribution in [3.8, 4) is 5.75 Å². The van der Waals surface area contributed by atoms with Gasteiger partial charge in [-0.05, 0) is 13.0 Å². The Morgan fingerprint density at radius 2 is 1.96 bits per heavy atom. The maximum Gasteiger partial charge on any atom is 0.394 e. The van der Waals surface area contributed by atoms with E-state index in [9.17, 15) is 22.8 Å². The number of urea groups is 1. The van der Waals surface area contributed by atoms with Crippen molar-refractivity contribution in [1.82, 2.24) is 10.2 Å². The van der Waals surface area contributed by atoms with Crippen molar-refractivity contribution in [3.63, 3.8) is 0 Å². The molecule has 138 valence electrons. The standard InChI is InChI=1S/C16H19F3N2O4/c1-9(10-5-3-4-6-13(10)25-2)20-15(24)21-7-11(14(22)23)12(8-21)16(17,18)19/h3-6,9,11-12H,7-8H2,1-2H3,(H,20,24)(H,22,23)/t9?,11-,12-/m1/s1. The number of nitrogens with one attached hydrogen (secondary N) is 1. The molecule has 1 aromatic carbocycles. The van der Waals surface area contributed by atoms with Gasteiger partial charge in [0.25, 0.3) is 0 Å². The van der Waals surface area contributed by atoms with Crippen LogP contribution in [-0.4, -0.2) is 48.4 Å². The van der Waals surface area contributed by atoms with E-state index >= 15 is 0 Å². The van der Waals surface area contributed by atoms with E-state index in [0.29, 0.717) is 11.3 Å². The number of nitrogens with zero attached hydrogens (tertiary/aromatic N) is 1. The highest BCUT2D eigenvalue weighted by molar-refractivity contribution is 5.78. The van der Waals surface area contributed by atoms with Gasteiger partial charge in [-0.15, -0.1) is 0 Å². The van der Waals surface area contributed by atoms with E-state index in [1.807, 2.05) is 0 Å². The number of para-hydroxylation sites is 1. The fourth-order valence-electron chi connectivity index (χ4n) is 2.93. The smallest absolute Gasteiger partial charge is 0.394 e. The molecule has 25 heavy (non-hydrogen) atoms. The Morgan fingerprint density at radius 1 is 1.32 bits per heavy atom. The van der Waals surface area contributed by atoms with E-state index < -0.39 is 49.1 Å². The molecule has 1 aromatic rings. The summed E-state index contributed by atoms with van der Waals surface area (Å²) in [7, 11) is 1.47. The number of amides is 2. The Labute approximate surface area is 142 Å². The lowest BCUT2D eigenvalue weighted by Gasteiger charge is -2.22. The Kier molecular flexibility index (Phi) is 5.44. The van der Waals surface area contributed by atoms with Gasteiger partial charge in [-0.25, -0.2) is 4.79 Å².